The maximum absolute atomic E-state index is 14.0. The highest BCUT2D eigenvalue weighted by Crippen LogP contribution is 2.28. The number of thioether (sulfide) groups is 1. The third-order valence-corrected chi connectivity index (χ3v) is 5.77. The van der Waals surface area contributed by atoms with Gasteiger partial charge in [-0.3, -0.25) is 4.79 Å². The lowest BCUT2D eigenvalue weighted by Gasteiger charge is -2.10. The molecular weight excluding hydrogens is 398 g/mol. The highest BCUT2D eigenvalue weighted by molar-refractivity contribution is 7.99. The Morgan fingerprint density at radius 3 is 2.37 bits per heavy atom. The highest BCUT2D eigenvalue weighted by atomic mass is 32.2. The second kappa shape index (κ2) is 9.67. The zero-order valence-electron chi connectivity index (χ0n) is 14.4. The van der Waals surface area contributed by atoms with Gasteiger partial charge in [-0.25, -0.2) is 21.9 Å². The van der Waals surface area contributed by atoms with Gasteiger partial charge in [-0.15, -0.1) is 11.8 Å². The third kappa shape index (κ3) is 6.19. The van der Waals surface area contributed by atoms with Gasteiger partial charge in [0.05, 0.1) is 4.90 Å². The zero-order valence-corrected chi connectivity index (χ0v) is 16.0. The number of carbonyl (C=O) groups is 1. The molecule has 0 aliphatic heterocycles. The number of carbonyl (C=O) groups excluding carboxylic acids is 1. The van der Waals surface area contributed by atoms with Gasteiger partial charge in [-0.05, 0) is 24.3 Å². The number of benzene rings is 2. The quantitative estimate of drug-likeness (QED) is 0.483. The van der Waals surface area contributed by atoms with Gasteiger partial charge in [0.1, 0.15) is 0 Å². The maximum atomic E-state index is 14.0. The van der Waals surface area contributed by atoms with Crippen molar-refractivity contribution in [3.05, 3.63) is 54.1 Å². The lowest BCUT2D eigenvalue weighted by molar-refractivity contribution is -0.122. The van der Waals surface area contributed by atoms with E-state index in [9.17, 15) is 22.0 Å². The number of sulfonamides is 1. The first-order valence-electron chi connectivity index (χ1n) is 7.83. The molecule has 0 bridgehead atoms. The molecule has 0 aromatic heterocycles. The summed E-state index contributed by atoms with van der Waals surface area (Å²) in [7, 11) is -2.25. The monoisotopic (exact) mass is 416 g/mol. The van der Waals surface area contributed by atoms with E-state index in [1.54, 1.807) is 18.2 Å². The van der Waals surface area contributed by atoms with Crippen molar-refractivity contribution in [3.8, 4) is 5.75 Å². The first-order valence-corrected chi connectivity index (χ1v) is 10.3. The van der Waals surface area contributed by atoms with Gasteiger partial charge in [0.15, 0.2) is 24.0 Å². The van der Waals surface area contributed by atoms with Crippen LogP contribution in [0.2, 0.25) is 0 Å². The number of amides is 1. The largest absolute Gasteiger partial charge is 0.478 e. The molecule has 0 unspecified atom stereocenters. The molecule has 0 fully saturated rings. The van der Waals surface area contributed by atoms with E-state index in [0.29, 0.717) is 0 Å². The van der Waals surface area contributed by atoms with Crippen LogP contribution < -0.4 is 14.8 Å². The van der Waals surface area contributed by atoms with Crippen LogP contribution >= 0.6 is 11.8 Å². The Morgan fingerprint density at radius 1 is 1.15 bits per heavy atom. The van der Waals surface area contributed by atoms with Gasteiger partial charge < -0.3 is 10.1 Å². The van der Waals surface area contributed by atoms with Gasteiger partial charge in [0.2, 0.25) is 10.0 Å². The van der Waals surface area contributed by atoms with E-state index in [4.69, 9.17) is 4.74 Å². The van der Waals surface area contributed by atoms with E-state index in [-0.39, 0.29) is 22.1 Å². The number of hydrogen-bond donors (Lipinski definition) is 2. The molecule has 0 saturated heterocycles. The summed E-state index contributed by atoms with van der Waals surface area (Å²) in [6.45, 7) is -0.419. The van der Waals surface area contributed by atoms with Crippen LogP contribution in [0.5, 0.6) is 5.75 Å². The third-order valence-electron chi connectivity index (χ3n) is 3.31. The molecule has 2 N–H and O–H groups in total. The summed E-state index contributed by atoms with van der Waals surface area (Å²) in [4.78, 5) is 11.5. The molecule has 0 heterocycles. The van der Waals surface area contributed by atoms with Crippen molar-refractivity contribution in [3.63, 3.8) is 0 Å². The van der Waals surface area contributed by atoms with Crippen molar-refractivity contribution >= 4 is 27.7 Å². The maximum Gasteiger partial charge on any atom is 0.257 e. The van der Waals surface area contributed by atoms with Crippen LogP contribution in [-0.4, -0.2) is 40.3 Å². The molecule has 0 radical (unpaired) electrons. The molecule has 146 valence electrons. The summed E-state index contributed by atoms with van der Waals surface area (Å²) < 4.78 is 59.3. The fourth-order valence-corrected chi connectivity index (χ4v) is 3.99. The minimum Gasteiger partial charge on any atom is -0.478 e. The molecule has 1 amide bonds. The molecule has 0 atom stereocenters. The fourth-order valence-electron chi connectivity index (χ4n) is 2.00. The van der Waals surface area contributed by atoms with Crippen LogP contribution in [-0.2, 0) is 14.8 Å². The lowest BCUT2D eigenvalue weighted by atomic mass is 10.3. The lowest BCUT2D eigenvalue weighted by Crippen LogP contribution is -2.26. The summed E-state index contributed by atoms with van der Waals surface area (Å²) in [5, 5.41) is 2.27. The number of halogens is 2. The number of nitrogens with one attached hydrogen (secondary N) is 2. The van der Waals surface area contributed by atoms with Crippen molar-refractivity contribution in [2.45, 2.75) is 9.79 Å². The van der Waals surface area contributed by atoms with Gasteiger partial charge in [-0.2, -0.15) is 0 Å². The van der Waals surface area contributed by atoms with Crippen LogP contribution in [0.3, 0.4) is 0 Å². The van der Waals surface area contributed by atoms with Gasteiger partial charge in [-0.1, -0.05) is 18.2 Å². The fraction of sp³-hybridized carbons (Fsp3) is 0.235. The Bertz CT molecular complexity index is 870. The number of hydrogen-bond acceptors (Lipinski definition) is 5. The predicted octanol–water partition coefficient (Wildman–Crippen LogP) is 2.16. The van der Waals surface area contributed by atoms with Gasteiger partial charge in [0, 0.05) is 24.2 Å². The summed E-state index contributed by atoms with van der Waals surface area (Å²) in [5.41, 5.74) is 0. The SMILES string of the molecule is CNC(=O)COc1c(F)cc(SCCNS(=O)(=O)c2ccccc2)cc1F. The van der Waals surface area contributed by atoms with Crippen LogP contribution in [0, 0.1) is 11.6 Å². The Morgan fingerprint density at radius 2 is 1.78 bits per heavy atom. The van der Waals surface area contributed by atoms with Crippen molar-refractivity contribution in [1.82, 2.24) is 10.0 Å². The Labute approximate surface area is 160 Å². The van der Waals surface area contributed by atoms with Crippen LogP contribution in [0.4, 0.5) is 8.78 Å². The molecule has 2 aromatic rings. The van der Waals surface area contributed by atoms with E-state index in [1.165, 1.54) is 19.2 Å². The molecular formula is C17H18F2N2O4S2. The van der Waals surface area contributed by atoms with Gasteiger partial charge >= 0.3 is 0 Å². The van der Waals surface area contributed by atoms with E-state index in [2.05, 4.69) is 10.0 Å². The minimum atomic E-state index is -3.63. The van der Waals surface area contributed by atoms with Crippen molar-refractivity contribution in [2.24, 2.45) is 0 Å². The van der Waals surface area contributed by atoms with E-state index in [1.807, 2.05) is 0 Å². The normalized spacial score (nSPS) is 11.2. The van der Waals surface area contributed by atoms with Gasteiger partial charge in [0.25, 0.3) is 5.91 Å². The Balaban J connectivity index is 1.90. The second-order valence-corrected chi connectivity index (χ2v) is 8.17. The van der Waals surface area contributed by atoms with E-state index < -0.39 is 39.9 Å². The van der Waals surface area contributed by atoms with Crippen molar-refractivity contribution < 1.29 is 26.7 Å². The summed E-state index contributed by atoms with van der Waals surface area (Å²) in [5.74, 6) is -2.76. The van der Waals surface area contributed by atoms with E-state index in [0.717, 1.165) is 23.9 Å². The molecule has 0 aliphatic rings. The summed E-state index contributed by atoms with van der Waals surface area (Å²) >= 11 is 1.08. The Hall–Kier alpha value is -2.17. The first kappa shape index (κ1) is 21.1. The smallest absolute Gasteiger partial charge is 0.257 e. The summed E-state index contributed by atoms with van der Waals surface area (Å²) in [6, 6.07) is 10.0. The zero-order chi connectivity index (χ0) is 19.9. The molecule has 27 heavy (non-hydrogen) atoms. The standard InChI is InChI=1S/C17H18F2N2O4S2/c1-20-16(22)11-25-17-14(18)9-12(10-15(17)19)26-8-7-21-27(23,24)13-5-3-2-4-6-13/h2-6,9-10,21H,7-8,11H2,1H3,(H,20,22). The topological polar surface area (TPSA) is 84.5 Å². The summed E-state index contributed by atoms with van der Waals surface area (Å²) in [6.07, 6.45) is 0. The molecule has 2 rings (SSSR count). The second-order valence-electron chi connectivity index (χ2n) is 5.24. The van der Waals surface area contributed by atoms with Crippen LogP contribution in [0.25, 0.3) is 0 Å². The molecule has 0 spiro atoms. The molecule has 2 aromatic carbocycles. The van der Waals surface area contributed by atoms with Crippen LogP contribution in [0.1, 0.15) is 0 Å². The average molecular weight is 416 g/mol. The number of rotatable bonds is 9. The molecule has 6 nitrogen and oxygen atoms in total. The average Bonchev–Trinajstić information content (AvgIpc) is 2.65. The Kier molecular flexibility index (Phi) is 7.57. The molecule has 0 saturated carbocycles. The molecule has 0 aliphatic carbocycles. The van der Waals surface area contributed by atoms with Crippen LogP contribution in [0.15, 0.2) is 52.3 Å². The van der Waals surface area contributed by atoms with E-state index >= 15 is 0 Å². The first-order chi connectivity index (χ1) is 12.8. The number of ether oxygens (including phenoxy) is 1. The minimum absolute atomic E-state index is 0.0834. The predicted molar refractivity (Wildman–Crippen MR) is 98.3 cm³/mol. The molecule has 10 heteroatoms. The highest BCUT2D eigenvalue weighted by Gasteiger charge is 2.15. The number of likely N-dealkylation sites (N-methyl/N-ethyl adjacent to an activating group) is 1. The van der Waals surface area contributed by atoms with Crippen molar-refractivity contribution in [2.75, 3.05) is 26.0 Å². The van der Waals surface area contributed by atoms with Crippen molar-refractivity contribution in [1.29, 1.82) is 0 Å².